The number of carbonyl (C=O) groups excluding carboxylic acids is 1. The molecule has 0 aromatic heterocycles. The van der Waals surface area contributed by atoms with Crippen LogP contribution in [0, 0.1) is 5.82 Å². The zero-order chi connectivity index (χ0) is 20.8. The third kappa shape index (κ3) is 5.06. The summed E-state index contributed by atoms with van der Waals surface area (Å²) in [5.41, 5.74) is 8.27. The first-order valence-electron chi connectivity index (χ1n) is 9.18. The molecule has 0 fully saturated rings. The van der Waals surface area contributed by atoms with Crippen LogP contribution < -0.4 is 11.1 Å². The number of halogens is 1. The minimum absolute atomic E-state index is 0.0105. The second-order valence-corrected chi connectivity index (χ2v) is 6.64. The van der Waals surface area contributed by atoms with Gasteiger partial charge in [-0.25, -0.2) is 9.18 Å². The van der Waals surface area contributed by atoms with E-state index < -0.39 is 5.97 Å². The summed E-state index contributed by atoms with van der Waals surface area (Å²) in [4.78, 5) is 23.9. The van der Waals surface area contributed by atoms with Gasteiger partial charge in [-0.05, 0) is 54.3 Å². The number of rotatable bonds is 7. The van der Waals surface area contributed by atoms with Crippen molar-refractivity contribution >= 4 is 17.6 Å². The monoisotopic (exact) mass is 392 g/mol. The lowest BCUT2D eigenvalue weighted by Gasteiger charge is -2.11. The molecule has 0 aliphatic rings. The Hall–Kier alpha value is -3.51. The molecule has 0 aliphatic carbocycles. The van der Waals surface area contributed by atoms with Crippen LogP contribution >= 0.6 is 0 Å². The number of nitrogens with two attached hydrogens (primary N) is 1. The Labute approximate surface area is 168 Å². The molecule has 148 valence electrons. The highest BCUT2D eigenvalue weighted by atomic mass is 19.1. The summed E-state index contributed by atoms with van der Waals surface area (Å²) in [5.74, 6) is -1.84. The topological polar surface area (TPSA) is 92.4 Å². The third-order valence-electron chi connectivity index (χ3n) is 4.64. The lowest BCUT2D eigenvalue weighted by atomic mass is 10.0. The zero-order valence-electron chi connectivity index (χ0n) is 15.7. The Balaban J connectivity index is 1.78. The van der Waals surface area contributed by atoms with Gasteiger partial charge in [-0.1, -0.05) is 36.4 Å². The van der Waals surface area contributed by atoms with Gasteiger partial charge in [0.2, 0.25) is 0 Å². The number of carboxylic acid groups (broad SMARTS) is 1. The maximum absolute atomic E-state index is 13.9. The van der Waals surface area contributed by atoms with Crippen molar-refractivity contribution in [1.82, 2.24) is 0 Å². The van der Waals surface area contributed by atoms with E-state index in [1.165, 1.54) is 12.1 Å². The molecule has 0 unspecified atom stereocenters. The van der Waals surface area contributed by atoms with Gasteiger partial charge in [0.25, 0.3) is 5.91 Å². The Morgan fingerprint density at radius 1 is 0.931 bits per heavy atom. The van der Waals surface area contributed by atoms with E-state index in [9.17, 15) is 19.1 Å². The van der Waals surface area contributed by atoms with Crippen LogP contribution in [0.5, 0.6) is 0 Å². The van der Waals surface area contributed by atoms with Gasteiger partial charge in [-0.15, -0.1) is 0 Å². The van der Waals surface area contributed by atoms with Crippen LogP contribution in [0.3, 0.4) is 0 Å². The normalized spacial score (nSPS) is 10.6. The van der Waals surface area contributed by atoms with E-state index in [1.54, 1.807) is 48.5 Å². The number of hydrogen-bond acceptors (Lipinski definition) is 3. The van der Waals surface area contributed by atoms with Gasteiger partial charge in [0.15, 0.2) is 0 Å². The molecule has 0 heterocycles. The summed E-state index contributed by atoms with van der Waals surface area (Å²) in [6.45, 7) is 0.146. The van der Waals surface area contributed by atoms with E-state index in [1.807, 2.05) is 6.07 Å². The molecule has 0 spiro atoms. The second kappa shape index (κ2) is 9.12. The quantitative estimate of drug-likeness (QED) is 0.566. The van der Waals surface area contributed by atoms with E-state index in [0.29, 0.717) is 24.0 Å². The SMILES string of the molecule is NCc1ccc(CCc2ccc(C(=O)O)c(NC(=O)c3ccccc3)c2)cc1F. The molecular weight excluding hydrogens is 371 g/mol. The molecule has 0 atom stereocenters. The van der Waals surface area contributed by atoms with Gasteiger partial charge in [-0.2, -0.15) is 0 Å². The van der Waals surface area contributed by atoms with Crippen molar-refractivity contribution in [2.75, 3.05) is 5.32 Å². The lowest BCUT2D eigenvalue weighted by Crippen LogP contribution is -2.15. The molecule has 3 aromatic rings. The number of anilines is 1. The average Bonchev–Trinajstić information content (AvgIpc) is 2.73. The van der Waals surface area contributed by atoms with Crippen LogP contribution in [0.2, 0.25) is 0 Å². The molecule has 0 saturated carbocycles. The predicted molar refractivity (Wildman–Crippen MR) is 109 cm³/mol. The smallest absolute Gasteiger partial charge is 0.337 e. The highest BCUT2D eigenvalue weighted by Gasteiger charge is 2.14. The lowest BCUT2D eigenvalue weighted by molar-refractivity contribution is 0.0698. The first-order valence-corrected chi connectivity index (χ1v) is 9.18. The van der Waals surface area contributed by atoms with Gasteiger partial charge in [0.1, 0.15) is 5.82 Å². The molecule has 1 amide bonds. The summed E-state index contributed by atoms with van der Waals surface area (Å²) in [6, 6.07) is 18.3. The first kappa shape index (κ1) is 20.2. The van der Waals surface area contributed by atoms with Crippen molar-refractivity contribution in [2.24, 2.45) is 5.73 Å². The highest BCUT2D eigenvalue weighted by Crippen LogP contribution is 2.21. The zero-order valence-corrected chi connectivity index (χ0v) is 15.7. The Morgan fingerprint density at radius 2 is 1.59 bits per heavy atom. The van der Waals surface area contributed by atoms with Crippen LogP contribution in [0.4, 0.5) is 10.1 Å². The Bertz CT molecular complexity index is 1040. The van der Waals surface area contributed by atoms with Crippen LogP contribution in [-0.4, -0.2) is 17.0 Å². The molecule has 0 saturated heterocycles. The standard InChI is InChI=1S/C23H21FN2O3/c24-20-12-15(8-10-18(20)14-25)6-7-16-9-11-19(23(28)29)21(13-16)26-22(27)17-4-2-1-3-5-17/h1-5,8-13H,6-7,14,25H2,(H,26,27)(H,28,29). The van der Waals surface area contributed by atoms with Gasteiger partial charge in [-0.3, -0.25) is 4.79 Å². The number of benzene rings is 3. The van der Waals surface area contributed by atoms with Crippen LogP contribution in [0.15, 0.2) is 66.7 Å². The fourth-order valence-corrected chi connectivity index (χ4v) is 3.02. The van der Waals surface area contributed by atoms with E-state index in [0.717, 1.165) is 11.1 Å². The summed E-state index contributed by atoms with van der Waals surface area (Å²) in [5, 5.41) is 12.1. The molecule has 5 nitrogen and oxygen atoms in total. The van der Waals surface area contributed by atoms with Crippen LogP contribution in [0.1, 0.15) is 37.4 Å². The molecular formula is C23H21FN2O3. The van der Waals surface area contributed by atoms with E-state index >= 15 is 0 Å². The molecule has 0 bridgehead atoms. The van der Waals surface area contributed by atoms with Crippen molar-refractivity contribution in [3.8, 4) is 0 Å². The minimum atomic E-state index is -1.13. The summed E-state index contributed by atoms with van der Waals surface area (Å²) < 4.78 is 13.9. The van der Waals surface area contributed by atoms with Crippen LogP contribution in [0.25, 0.3) is 0 Å². The van der Waals surface area contributed by atoms with Crippen molar-refractivity contribution < 1.29 is 19.1 Å². The highest BCUT2D eigenvalue weighted by molar-refractivity contribution is 6.07. The molecule has 29 heavy (non-hydrogen) atoms. The Kier molecular flexibility index (Phi) is 6.36. The number of aryl methyl sites for hydroxylation is 2. The van der Waals surface area contributed by atoms with Crippen LogP contribution in [-0.2, 0) is 19.4 Å². The molecule has 0 aliphatic heterocycles. The fraction of sp³-hybridized carbons (Fsp3) is 0.130. The number of carboxylic acids is 1. The molecule has 6 heteroatoms. The van der Waals surface area contributed by atoms with E-state index in [-0.39, 0.29) is 29.5 Å². The third-order valence-corrected chi connectivity index (χ3v) is 4.64. The molecule has 0 radical (unpaired) electrons. The van der Waals surface area contributed by atoms with E-state index in [2.05, 4.69) is 5.32 Å². The number of amides is 1. The van der Waals surface area contributed by atoms with Crippen molar-refractivity contribution in [3.05, 3.63) is 100 Å². The largest absolute Gasteiger partial charge is 0.478 e. The average molecular weight is 392 g/mol. The Morgan fingerprint density at radius 3 is 2.21 bits per heavy atom. The molecule has 4 N–H and O–H groups in total. The number of aromatic carboxylic acids is 1. The first-order chi connectivity index (χ1) is 14.0. The van der Waals surface area contributed by atoms with Gasteiger partial charge < -0.3 is 16.2 Å². The second-order valence-electron chi connectivity index (χ2n) is 6.64. The maximum atomic E-state index is 13.9. The van der Waals surface area contributed by atoms with Crippen molar-refractivity contribution in [2.45, 2.75) is 19.4 Å². The molecule has 3 aromatic carbocycles. The minimum Gasteiger partial charge on any atom is -0.478 e. The molecule has 3 rings (SSSR count). The van der Waals surface area contributed by atoms with E-state index in [4.69, 9.17) is 5.73 Å². The summed E-state index contributed by atoms with van der Waals surface area (Å²) in [7, 11) is 0. The van der Waals surface area contributed by atoms with Crippen molar-refractivity contribution in [3.63, 3.8) is 0 Å². The summed E-state index contributed by atoms with van der Waals surface area (Å²) >= 11 is 0. The summed E-state index contributed by atoms with van der Waals surface area (Å²) in [6.07, 6.45) is 1.13. The van der Waals surface area contributed by atoms with Crippen molar-refractivity contribution in [1.29, 1.82) is 0 Å². The van der Waals surface area contributed by atoms with Gasteiger partial charge >= 0.3 is 5.97 Å². The number of hydrogen-bond donors (Lipinski definition) is 3. The predicted octanol–water partition coefficient (Wildman–Crippen LogP) is 4.02. The number of carbonyl (C=O) groups is 2. The fourth-order valence-electron chi connectivity index (χ4n) is 3.02. The van der Waals surface area contributed by atoms with Gasteiger partial charge in [0, 0.05) is 17.7 Å². The number of nitrogens with one attached hydrogen (secondary N) is 1. The van der Waals surface area contributed by atoms with Gasteiger partial charge in [0.05, 0.1) is 11.3 Å². The maximum Gasteiger partial charge on any atom is 0.337 e.